The van der Waals surface area contributed by atoms with Gasteiger partial charge in [-0.15, -0.1) is 0 Å². The molecule has 0 aliphatic heterocycles. The molecule has 0 aromatic carbocycles. The molecule has 0 unspecified atom stereocenters. The summed E-state index contributed by atoms with van der Waals surface area (Å²) in [6, 6.07) is 0. The van der Waals surface area contributed by atoms with E-state index in [-0.39, 0.29) is 193 Å². The molecule has 14 nitrogen and oxygen atoms in total. The monoisotopic (exact) mass is 660 g/mol. The van der Waals surface area contributed by atoms with E-state index >= 15 is 0 Å². The van der Waals surface area contributed by atoms with Crippen molar-refractivity contribution in [3.05, 3.63) is 0 Å². The van der Waals surface area contributed by atoms with E-state index in [1.165, 1.54) is 44.9 Å². The molecular weight excluding hydrogens is 613 g/mol. The summed E-state index contributed by atoms with van der Waals surface area (Å²) >= 11 is 0. The van der Waals surface area contributed by atoms with Crippen LogP contribution in [0.25, 0.3) is 0 Å². The smallest absolute Gasteiger partial charge is 1.00 e. The molecule has 0 amide bonds. The molecule has 0 radical (unpaired) electrons. The van der Waals surface area contributed by atoms with Crippen LogP contribution in [-0.4, -0.2) is 198 Å². The van der Waals surface area contributed by atoms with Gasteiger partial charge in [0.05, 0.1) is 6.61 Å². The summed E-state index contributed by atoms with van der Waals surface area (Å²) < 4.78 is 41.9. The zero-order valence-corrected chi connectivity index (χ0v) is 29.8. The maximum Gasteiger partial charge on any atom is 2.00 e. The molecule has 0 heterocycles. The first-order valence-electron chi connectivity index (χ1n) is 8.11. The van der Waals surface area contributed by atoms with Crippen molar-refractivity contribution in [2.75, 3.05) is 6.61 Å². The summed E-state index contributed by atoms with van der Waals surface area (Å²) in [6.07, 6.45) is 10.0. The van der Waals surface area contributed by atoms with Crippen LogP contribution >= 0.6 is 7.82 Å². The van der Waals surface area contributed by atoms with Crippen LogP contribution in [0.3, 0.4) is 0 Å². The molecule has 0 atom stereocenters. The van der Waals surface area contributed by atoms with Crippen LogP contribution in [0.1, 0.15) is 81.1 Å². The van der Waals surface area contributed by atoms with Gasteiger partial charge in [0.1, 0.15) is 0 Å². The minimum Gasteiger partial charge on any atom is -1.00 e. The molecule has 0 fully saturated rings. The SMILES string of the molecule is CCCCCCCCCCCCOS(=O)(=O)O.O.O.O.O=C(O)O.O=P(O)(O)O.[AlH3].[Ca+2].[Ca+2].[Ca+2].[H-].[H-].[H-].[H-].[H-].[H-].[H-].[Na+]. The zero-order valence-electron chi connectivity index (χ0n) is 26.5. The van der Waals surface area contributed by atoms with Gasteiger partial charge >= 0.3 is 167 Å². The quantitative estimate of drug-likeness (QED) is 0.0507. The molecule has 0 aliphatic rings. The van der Waals surface area contributed by atoms with Gasteiger partial charge in [0.15, 0.2) is 17.4 Å². The molecule has 0 aromatic heterocycles. The number of hydrogen-bond acceptors (Lipinski definition) is 5. The maximum absolute atomic E-state index is 10.2. The summed E-state index contributed by atoms with van der Waals surface area (Å²) in [5, 5.41) is 13.9. The normalized spacial score (nSPS) is 8.38. The van der Waals surface area contributed by atoms with Gasteiger partial charge in [-0.25, -0.2) is 13.5 Å². The van der Waals surface area contributed by atoms with Gasteiger partial charge < -0.3 is 51.3 Å². The Bertz CT molecular complexity index is 506. The second-order valence-electron chi connectivity index (χ2n) is 5.23. The van der Waals surface area contributed by atoms with Gasteiger partial charge in [0.2, 0.25) is 0 Å². The zero-order chi connectivity index (χ0) is 21.1. The van der Waals surface area contributed by atoms with Crippen LogP contribution in [0.15, 0.2) is 0 Å². The number of carbonyl (C=O) groups is 1. The molecule has 0 bridgehead atoms. The molecule has 0 aliphatic carbocycles. The molecule has 21 heteroatoms. The molecule has 0 saturated heterocycles. The van der Waals surface area contributed by atoms with E-state index < -0.39 is 24.4 Å². The van der Waals surface area contributed by atoms with E-state index in [4.69, 9.17) is 38.8 Å². The number of unbranched alkanes of at least 4 members (excludes halogenated alkanes) is 9. The van der Waals surface area contributed by atoms with E-state index in [9.17, 15) is 8.42 Å². The van der Waals surface area contributed by atoms with E-state index in [2.05, 4.69) is 11.1 Å². The van der Waals surface area contributed by atoms with Crippen molar-refractivity contribution in [3.8, 4) is 0 Å². The minimum atomic E-state index is -4.64. The molecule has 0 spiro atoms. The molecule has 204 valence electrons. The van der Waals surface area contributed by atoms with Gasteiger partial charge in [-0.1, -0.05) is 64.7 Å². The summed E-state index contributed by atoms with van der Waals surface area (Å²) in [6.45, 7) is 2.31. The molecule has 12 N–H and O–H groups in total. The van der Waals surface area contributed by atoms with Crippen LogP contribution < -0.4 is 29.6 Å². The molecule has 0 saturated carbocycles. The Kier molecular flexibility index (Phi) is 106. The Labute approximate surface area is 334 Å². The number of carboxylic acid groups (broad SMARTS) is 2. The predicted octanol–water partition coefficient (Wildman–Crippen LogP) is -3.99. The molecule has 0 rings (SSSR count). The summed E-state index contributed by atoms with van der Waals surface area (Å²) in [4.78, 5) is 30.1. The van der Waals surface area contributed by atoms with Crippen molar-refractivity contribution < 1.29 is 107 Å². The number of rotatable bonds is 12. The van der Waals surface area contributed by atoms with Crippen LogP contribution in [0.2, 0.25) is 0 Å². The largest absolute Gasteiger partial charge is 2.00 e. The molecular formula is C13H47AlCa3NaO14PS. The first kappa shape index (κ1) is 71.6. The second kappa shape index (κ2) is 50.3. The van der Waals surface area contributed by atoms with Crippen LogP contribution in [0.4, 0.5) is 4.79 Å². The fourth-order valence-corrected chi connectivity index (χ4v) is 2.08. The van der Waals surface area contributed by atoms with E-state index in [0.29, 0.717) is 6.42 Å². The van der Waals surface area contributed by atoms with Crippen molar-refractivity contribution in [2.24, 2.45) is 0 Å². The minimum absolute atomic E-state index is 0. The van der Waals surface area contributed by atoms with Gasteiger partial charge in [0, 0.05) is 0 Å². The Balaban J connectivity index is -0.0000000123. The average Bonchev–Trinajstić information content (AvgIpc) is 2.41. The Morgan fingerprint density at radius 2 is 1.00 bits per heavy atom. The topological polar surface area (TPSA) is 293 Å². The third-order valence-electron chi connectivity index (χ3n) is 2.73. The maximum atomic E-state index is 10.2. The Hall–Kier alpha value is 4.44. The van der Waals surface area contributed by atoms with E-state index in [0.717, 1.165) is 12.8 Å². The summed E-state index contributed by atoms with van der Waals surface area (Å²) in [7, 11) is -8.87. The number of hydrogen-bond donors (Lipinski definition) is 6. The molecule has 34 heavy (non-hydrogen) atoms. The van der Waals surface area contributed by atoms with Crippen molar-refractivity contribution in [1.29, 1.82) is 0 Å². The van der Waals surface area contributed by atoms with Crippen LogP contribution in [-0.2, 0) is 19.1 Å². The van der Waals surface area contributed by atoms with Gasteiger partial charge in [-0.2, -0.15) is 8.42 Å². The Morgan fingerprint density at radius 3 is 1.21 bits per heavy atom. The second-order valence-corrected chi connectivity index (χ2v) is 7.35. The van der Waals surface area contributed by atoms with Crippen LogP contribution in [0.5, 0.6) is 0 Å². The number of phosphoric acid groups is 1. The third-order valence-corrected chi connectivity index (χ3v) is 3.19. The predicted molar refractivity (Wildman–Crippen MR) is 140 cm³/mol. The van der Waals surface area contributed by atoms with Crippen molar-refractivity contribution in [1.82, 2.24) is 0 Å². The van der Waals surface area contributed by atoms with E-state index in [1.54, 1.807) is 0 Å². The molecule has 0 aromatic rings. The fourth-order valence-electron chi connectivity index (χ4n) is 1.75. The first-order chi connectivity index (χ1) is 11.8. The summed E-state index contributed by atoms with van der Waals surface area (Å²) in [5.74, 6) is 0. The van der Waals surface area contributed by atoms with Crippen molar-refractivity contribution in [3.63, 3.8) is 0 Å². The van der Waals surface area contributed by atoms with E-state index in [1.807, 2.05) is 0 Å². The average molecular weight is 661 g/mol. The standard InChI is InChI=1S/C12H26O4S.CH2O3.Al.3Ca.Na.H3O4P.3H2O.10H/c1-2-3-4-5-6-7-8-9-10-11-12-16-17(13,14)15;2-1(3)4;;;;;;1-5(2,3)4;;;;;;;;;;;;;/h2-12H2,1H3,(H,13,14,15);(H2,2,3,4);;;;;;(H3,1,2,3,4);3*1H2;;;;;;;;;;/q;;;3*+2;+1;;;;;;;;7*-1. The van der Waals surface area contributed by atoms with Gasteiger partial charge in [0.25, 0.3) is 0 Å². The first-order valence-corrected chi connectivity index (χ1v) is 11.0. The van der Waals surface area contributed by atoms with Gasteiger partial charge in [-0.3, -0.25) is 4.55 Å². The van der Waals surface area contributed by atoms with Gasteiger partial charge in [-0.05, 0) is 6.42 Å². The van der Waals surface area contributed by atoms with Crippen LogP contribution in [0, 0.1) is 0 Å². The van der Waals surface area contributed by atoms with Crippen molar-refractivity contribution >= 4 is 155 Å². The van der Waals surface area contributed by atoms with Crippen molar-refractivity contribution in [2.45, 2.75) is 71.1 Å². The third kappa shape index (κ3) is 135. The summed E-state index contributed by atoms with van der Waals surface area (Å²) in [5.41, 5.74) is 0. The Morgan fingerprint density at radius 1 is 0.794 bits per heavy atom. The fraction of sp³-hybridized carbons (Fsp3) is 0.923.